The Morgan fingerprint density at radius 1 is 1.07 bits per heavy atom. The van der Waals surface area contributed by atoms with Crippen LogP contribution in [0.3, 0.4) is 0 Å². The highest BCUT2D eigenvalue weighted by Gasteiger charge is 2.11. The molecule has 1 heterocycles. The first kappa shape index (κ1) is 18.4. The third kappa shape index (κ3) is 4.43. The van der Waals surface area contributed by atoms with E-state index < -0.39 is 0 Å². The summed E-state index contributed by atoms with van der Waals surface area (Å²) in [4.78, 5) is 4.61. The molecule has 0 saturated carbocycles. The molecule has 27 heavy (non-hydrogen) atoms. The molecule has 0 spiro atoms. The lowest BCUT2D eigenvalue weighted by atomic mass is 10.1. The molecule has 0 fully saturated rings. The number of aromatic nitrogens is 1. The number of ether oxygens (including phenoxy) is 2. The van der Waals surface area contributed by atoms with Gasteiger partial charge >= 0.3 is 0 Å². The van der Waals surface area contributed by atoms with E-state index in [0.717, 1.165) is 16.8 Å². The molecule has 0 atom stereocenters. The van der Waals surface area contributed by atoms with Gasteiger partial charge in [-0.25, -0.2) is 4.98 Å². The van der Waals surface area contributed by atoms with Crippen LogP contribution in [0.25, 0.3) is 22.9 Å². The molecule has 0 radical (unpaired) electrons. The van der Waals surface area contributed by atoms with E-state index in [1.54, 1.807) is 20.3 Å². The number of rotatable bonds is 6. The fourth-order valence-electron chi connectivity index (χ4n) is 2.50. The zero-order valence-electron chi connectivity index (χ0n) is 15.0. The highest BCUT2D eigenvalue weighted by Crippen LogP contribution is 2.33. The van der Waals surface area contributed by atoms with Gasteiger partial charge in [-0.2, -0.15) is 5.26 Å². The monoisotopic (exact) mass is 374 g/mol. The third-order valence-electron chi connectivity index (χ3n) is 3.89. The lowest BCUT2D eigenvalue weighted by Crippen LogP contribution is -1.91. The lowest BCUT2D eigenvalue weighted by molar-refractivity contribution is 0.355. The fourth-order valence-corrected chi connectivity index (χ4v) is 3.31. The van der Waals surface area contributed by atoms with Gasteiger partial charge in [0.2, 0.25) is 0 Å². The van der Waals surface area contributed by atoms with Crippen LogP contribution < -0.4 is 9.47 Å². The van der Waals surface area contributed by atoms with Crippen molar-refractivity contribution in [3.63, 3.8) is 0 Å². The summed E-state index contributed by atoms with van der Waals surface area (Å²) in [6.45, 7) is 0. The van der Waals surface area contributed by atoms with E-state index in [-0.39, 0.29) is 0 Å². The molecular formula is C22H18N2O2S. The normalized spacial score (nSPS) is 11.4. The number of nitrogens with zero attached hydrogens (tertiary/aromatic N) is 2. The average molecular weight is 374 g/mol. The zero-order valence-corrected chi connectivity index (χ0v) is 15.9. The van der Waals surface area contributed by atoms with Crippen LogP contribution in [-0.4, -0.2) is 19.2 Å². The minimum Gasteiger partial charge on any atom is -0.493 e. The van der Waals surface area contributed by atoms with Gasteiger partial charge in [0.05, 0.1) is 25.5 Å². The van der Waals surface area contributed by atoms with Gasteiger partial charge in [0.25, 0.3) is 0 Å². The van der Waals surface area contributed by atoms with E-state index in [1.165, 1.54) is 11.3 Å². The Labute approximate surface area is 162 Å². The Balaban J connectivity index is 1.84. The number of allylic oxidation sites excluding steroid dienone is 3. The maximum absolute atomic E-state index is 9.48. The highest BCUT2D eigenvalue weighted by atomic mass is 32.1. The third-order valence-corrected chi connectivity index (χ3v) is 4.76. The van der Waals surface area contributed by atoms with Crippen molar-refractivity contribution < 1.29 is 9.47 Å². The van der Waals surface area contributed by atoms with E-state index in [2.05, 4.69) is 11.1 Å². The van der Waals surface area contributed by atoms with Gasteiger partial charge in [-0.15, -0.1) is 11.3 Å². The Morgan fingerprint density at radius 3 is 2.56 bits per heavy atom. The first-order valence-corrected chi connectivity index (χ1v) is 9.15. The molecule has 3 aromatic rings. The van der Waals surface area contributed by atoms with Crippen molar-refractivity contribution in [2.75, 3.05) is 14.2 Å². The van der Waals surface area contributed by atoms with Crippen LogP contribution in [0.1, 0.15) is 10.6 Å². The van der Waals surface area contributed by atoms with Crippen molar-refractivity contribution in [1.29, 1.82) is 5.26 Å². The molecule has 0 bridgehead atoms. The largest absolute Gasteiger partial charge is 0.493 e. The standard InChI is InChI=1S/C22H18N2O2S/c1-25-20-12-11-17(13-21(20)26-2)19-15-27-22(24-19)18(14-23)10-6-9-16-7-4-3-5-8-16/h3-13,15H,1-2H3/b9-6+,18-10+. The van der Waals surface area contributed by atoms with Crippen LogP contribution in [0, 0.1) is 11.3 Å². The van der Waals surface area contributed by atoms with E-state index in [4.69, 9.17) is 9.47 Å². The second-order valence-corrected chi connectivity index (χ2v) is 6.43. The van der Waals surface area contributed by atoms with Gasteiger partial charge < -0.3 is 9.47 Å². The SMILES string of the molecule is COc1ccc(-c2csc(/C(C#N)=C/C=C/c3ccccc3)n2)cc1OC. The minimum atomic E-state index is 0.527. The zero-order chi connectivity index (χ0) is 19.1. The van der Waals surface area contributed by atoms with Gasteiger partial charge in [-0.05, 0) is 29.8 Å². The molecule has 4 nitrogen and oxygen atoms in total. The Kier molecular flexibility index (Phi) is 6.03. The number of hydrogen-bond donors (Lipinski definition) is 0. The maximum atomic E-state index is 9.48. The summed E-state index contributed by atoms with van der Waals surface area (Å²) < 4.78 is 10.6. The Bertz CT molecular complexity index is 1010. The molecular weight excluding hydrogens is 356 g/mol. The summed E-state index contributed by atoms with van der Waals surface area (Å²) >= 11 is 1.44. The second-order valence-electron chi connectivity index (χ2n) is 5.57. The van der Waals surface area contributed by atoms with Gasteiger partial charge in [-0.1, -0.05) is 42.5 Å². The van der Waals surface area contributed by atoms with Gasteiger partial charge in [-0.3, -0.25) is 0 Å². The van der Waals surface area contributed by atoms with Crippen LogP contribution >= 0.6 is 11.3 Å². The molecule has 0 aliphatic rings. The average Bonchev–Trinajstić information content (AvgIpc) is 3.21. The summed E-state index contributed by atoms with van der Waals surface area (Å²) in [6.07, 6.45) is 5.61. The van der Waals surface area contributed by atoms with Gasteiger partial charge in [0.1, 0.15) is 11.1 Å². The predicted octanol–water partition coefficient (Wildman–Crippen LogP) is 5.45. The molecule has 134 valence electrons. The molecule has 5 heteroatoms. The lowest BCUT2D eigenvalue weighted by Gasteiger charge is -2.08. The molecule has 0 aliphatic carbocycles. The summed E-state index contributed by atoms with van der Waals surface area (Å²) in [5.74, 6) is 1.31. The van der Waals surface area contributed by atoms with E-state index in [0.29, 0.717) is 22.1 Å². The quantitative estimate of drug-likeness (QED) is 0.425. The van der Waals surface area contributed by atoms with E-state index in [1.807, 2.05) is 66.1 Å². The number of thiazole rings is 1. The number of nitriles is 1. The van der Waals surface area contributed by atoms with Crippen molar-refractivity contribution in [2.45, 2.75) is 0 Å². The summed E-state index contributed by atoms with van der Waals surface area (Å²) in [6, 6.07) is 17.8. The van der Waals surface area contributed by atoms with Gasteiger partial charge in [0, 0.05) is 10.9 Å². The predicted molar refractivity (Wildman–Crippen MR) is 110 cm³/mol. The highest BCUT2D eigenvalue weighted by molar-refractivity contribution is 7.11. The van der Waals surface area contributed by atoms with Crippen molar-refractivity contribution in [2.24, 2.45) is 0 Å². The van der Waals surface area contributed by atoms with Crippen LogP contribution in [0.15, 0.2) is 66.1 Å². The van der Waals surface area contributed by atoms with E-state index >= 15 is 0 Å². The van der Waals surface area contributed by atoms with Crippen molar-refractivity contribution >= 4 is 23.0 Å². The number of methoxy groups -OCH3 is 2. The minimum absolute atomic E-state index is 0.527. The molecule has 0 amide bonds. The maximum Gasteiger partial charge on any atom is 0.161 e. The Morgan fingerprint density at radius 2 is 1.85 bits per heavy atom. The van der Waals surface area contributed by atoms with Crippen LogP contribution in [-0.2, 0) is 0 Å². The first-order chi connectivity index (χ1) is 13.2. The first-order valence-electron chi connectivity index (χ1n) is 8.27. The van der Waals surface area contributed by atoms with Crippen molar-refractivity contribution in [3.8, 4) is 28.8 Å². The second kappa shape index (κ2) is 8.84. The topological polar surface area (TPSA) is 55.1 Å². The van der Waals surface area contributed by atoms with Crippen molar-refractivity contribution in [1.82, 2.24) is 4.98 Å². The molecule has 0 aliphatic heterocycles. The summed E-state index contributed by atoms with van der Waals surface area (Å²) in [5, 5.41) is 12.1. The molecule has 0 N–H and O–H groups in total. The fraction of sp³-hybridized carbons (Fsp3) is 0.0909. The summed E-state index contributed by atoms with van der Waals surface area (Å²) in [5.41, 5.74) is 3.31. The molecule has 2 aromatic carbocycles. The van der Waals surface area contributed by atoms with Crippen molar-refractivity contribution in [3.05, 3.63) is 76.6 Å². The number of hydrogen-bond acceptors (Lipinski definition) is 5. The molecule has 1 aromatic heterocycles. The number of benzene rings is 2. The Hall–Kier alpha value is -3.36. The van der Waals surface area contributed by atoms with E-state index in [9.17, 15) is 5.26 Å². The van der Waals surface area contributed by atoms with Crippen LogP contribution in [0.5, 0.6) is 11.5 Å². The van der Waals surface area contributed by atoms with Gasteiger partial charge in [0.15, 0.2) is 11.5 Å². The summed E-state index contributed by atoms with van der Waals surface area (Å²) in [7, 11) is 3.20. The molecule has 0 unspecified atom stereocenters. The molecule has 3 rings (SSSR count). The smallest absolute Gasteiger partial charge is 0.161 e. The van der Waals surface area contributed by atoms with Crippen LogP contribution in [0.2, 0.25) is 0 Å². The van der Waals surface area contributed by atoms with Crippen LogP contribution in [0.4, 0.5) is 0 Å². The molecule has 0 saturated heterocycles.